The second-order valence-electron chi connectivity index (χ2n) is 10.2. The molecule has 0 saturated heterocycles. The SMILES string of the molecule is CN(CC12CC3CC(CC(C3)C1)C2)C(=O)CCc1nnc(CCc2ccccc2)o1. The van der Waals surface area contributed by atoms with Gasteiger partial charge in [0.15, 0.2) is 0 Å². The molecule has 0 atom stereocenters. The average Bonchev–Trinajstić information content (AvgIpc) is 3.18. The first kappa shape index (κ1) is 19.8. The Kier molecular flexibility index (Phi) is 5.38. The van der Waals surface area contributed by atoms with E-state index in [1.165, 1.54) is 44.1 Å². The first-order valence-corrected chi connectivity index (χ1v) is 11.7. The van der Waals surface area contributed by atoms with Crippen LogP contribution in [-0.2, 0) is 24.1 Å². The molecule has 4 fully saturated rings. The van der Waals surface area contributed by atoms with Gasteiger partial charge < -0.3 is 9.32 Å². The molecule has 1 heterocycles. The number of carbonyl (C=O) groups is 1. The lowest BCUT2D eigenvalue weighted by Crippen LogP contribution is -2.51. The Morgan fingerprint density at radius 2 is 1.57 bits per heavy atom. The van der Waals surface area contributed by atoms with Gasteiger partial charge in [-0.05, 0) is 73.7 Å². The summed E-state index contributed by atoms with van der Waals surface area (Å²) >= 11 is 0. The Labute approximate surface area is 179 Å². The average molecular weight is 408 g/mol. The minimum atomic E-state index is 0.204. The Bertz CT molecular complexity index is 840. The fourth-order valence-corrected chi connectivity index (χ4v) is 6.87. The third-order valence-corrected chi connectivity index (χ3v) is 7.70. The van der Waals surface area contributed by atoms with Crippen molar-refractivity contribution in [1.29, 1.82) is 0 Å². The van der Waals surface area contributed by atoms with Gasteiger partial charge in [0.1, 0.15) is 0 Å². The van der Waals surface area contributed by atoms with Crippen LogP contribution in [0, 0.1) is 23.2 Å². The van der Waals surface area contributed by atoms with E-state index in [4.69, 9.17) is 4.42 Å². The van der Waals surface area contributed by atoms with Gasteiger partial charge in [-0.3, -0.25) is 4.79 Å². The number of benzene rings is 1. The Morgan fingerprint density at radius 1 is 0.967 bits per heavy atom. The highest BCUT2D eigenvalue weighted by molar-refractivity contribution is 5.76. The highest BCUT2D eigenvalue weighted by Gasteiger charge is 2.51. The summed E-state index contributed by atoms with van der Waals surface area (Å²) < 4.78 is 5.78. The van der Waals surface area contributed by atoms with E-state index in [1.54, 1.807) is 0 Å². The Balaban J connectivity index is 1.10. The number of amides is 1. The lowest BCUT2D eigenvalue weighted by atomic mass is 9.49. The maximum absolute atomic E-state index is 12.8. The number of nitrogens with zero attached hydrogens (tertiary/aromatic N) is 3. The van der Waals surface area contributed by atoms with E-state index in [0.717, 1.165) is 37.1 Å². The van der Waals surface area contributed by atoms with Crippen molar-refractivity contribution in [2.75, 3.05) is 13.6 Å². The van der Waals surface area contributed by atoms with E-state index in [0.29, 0.717) is 30.0 Å². The van der Waals surface area contributed by atoms with Crippen LogP contribution in [0.2, 0.25) is 0 Å². The first-order valence-electron chi connectivity index (χ1n) is 11.7. The molecule has 1 aromatic carbocycles. The second-order valence-corrected chi connectivity index (χ2v) is 10.2. The molecular weight excluding hydrogens is 374 g/mol. The third-order valence-electron chi connectivity index (χ3n) is 7.70. The molecule has 0 spiro atoms. The number of rotatable bonds is 8. The molecule has 160 valence electrons. The molecule has 1 amide bonds. The van der Waals surface area contributed by atoms with E-state index in [1.807, 2.05) is 30.1 Å². The molecule has 0 radical (unpaired) electrons. The van der Waals surface area contributed by atoms with Gasteiger partial charge in [-0.15, -0.1) is 10.2 Å². The van der Waals surface area contributed by atoms with Gasteiger partial charge in [0, 0.05) is 32.9 Å². The summed E-state index contributed by atoms with van der Waals surface area (Å²) in [6.45, 7) is 0.932. The number of hydrogen-bond donors (Lipinski definition) is 0. The van der Waals surface area contributed by atoms with Crippen LogP contribution in [0.5, 0.6) is 0 Å². The lowest BCUT2D eigenvalue weighted by Gasteiger charge is -2.57. The highest BCUT2D eigenvalue weighted by atomic mass is 16.4. The van der Waals surface area contributed by atoms with Crippen LogP contribution in [0.1, 0.15) is 62.3 Å². The van der Waals surface area contributed by atoms with Crippen molar-refractivity contribution in [1.82, 2.24) is 15.1 Å². The summed E-state index contributed by atoms with van der Waals surface area (Å²) in [6.07, 6.45) is 10.9. The Morgan fingerprint density at radius 3 is 2.20 bits per heavy atom. The monoisotopic (exact) mass is 407 g/mol. The second kappa shape index (κ2) is 8.16. The highest BCUT2D eigenvalue weighted by Crippen LogP contribution is 2.60. The van der Waals surface area contributed by atoms with Crippen molar-refractivity contribution in [3.63, 3.8) is 0 Å². The van der Waals surface area contributed by atoms with Crippen LogP contribution in [0.4, 0.5) is 0 Å². The van der Waals surface area contributed by atoms with Gasteiger partial charge >= 0.3 is 0 Å². The normalized spacial score (nSPS) is 29.3. The smallest absolute Gasteiger partial charge is 0.222 e. The van der Waals surface area contributed by atoms with Gasteiger partial charge in [-0.25, -0.2) is 0 Å². The van der Waals surface area contributed by atoms with E-state index >= 15 is 0 Å². The van der Waals surface area contributed by atoms with Crippen molar-refractivity contribution < 1.29 is 9.21 Å². The van der Waals surface area contributed by atoms with E-state index in [2.05, 4.69) is 22.3 Å². The molecule has 4 aliphatic carbocycles. The molecule has 6 rings (SSSR count). The van der Waals surface area contributed by atoms with E-state index in [9.17, 15) is 4.79 Å². The molecule has 0 N–H and O–H groups in total. The minimum absolute atomic E-state index is 0.204. The van der Waals surface area contributed by atoms with Gasteiger partial charge in [0.05, 0.1) is 0 Å². The number of carbonyl (C=O) groups excluding carboxylic acids is 1. The van der Waals surface area contributed by atoms with Crippen LogP contribution in [0.25, 0.3) is 0 Å². The lowest BCUT2D eigenvalue weighted by molar-refractivity contribution is -0.135. The molecule has 2 aromatic rings. The maximum atomic E-state index is 12.8. The van der Waals surface area contributed by atoms with Crippen LogP contribution < -0.4 is 0 Å². The number of aryl methyl sites for hydroxylation is 3. The Hall–Kier alpha value is -2.17. The molecule has 0 aliphatic heterocycles. The topological polar surface area (TPSA) is 59.2 Å². The van der Waals surface area contributed by atoms with Crippen LogP contribution in [0.3, 0.4) is 0 Å². The first-order chi connectivity index (χ1) is 14.6. The predicted molar refractivity (Wildman–Crippen MR) is 115 cm³/mol. The molecule has 5 nitrogen and oxygen atoms in total. The zero-order valence-electron chi connectivity index (χ0n) is 18.1. The van der Waals surface area contributed by atoms with Crippen molar-refractivity contribution in [3.05, 3.63) is 47.7 Å². The summed E-state index contributed by atoms with van der Waals surface area (Å²) in [7, 11) is 1.99. The molecule has 4 saturated carbocycles. The largest absolute Gasteiger partial charge is 0.425 e. The zero-order chi connectivity index (χ0) is 20.6. The van der Waals surface area contributed by atoms with Crippen LogP contribution in [-0.4, -0.2) is 34.6 Å². The molecule has 0 unspecified atom stereocenters. The quantitative estimate of drug-likeness (QED) is 0.648. The fourth-order valence-electron chi connectivity index (χ4n) is 6.87. The fraction of sp³-hybridized carbons (Fsp3) is 0.640. The molecule has 4 bridgehead atoms. The summed E-state index contributed by atoms with van der Waals surface area (Å²) in [5.41, 5.74) is 1.66. The van der Waals surface area contributed by atoms with E-state index in [-0.39, 0.29) is 5.91 Å². The molecular formula is C25H33N3O2. The maximum Gasteiger partial charge on any atom is 0.222 e. The summed E-state index contributed by atoms with van der Waals surface area (Å²) in [5, 5.41) is 8.31. The predicted octanol–water partition coefficient (Wildman–Crippen LogP) is 4.46. The van der Waals surface area contributed by atoms with E-state index < -0.39 is 0 Å². The molecule has 1 aromatic heterocycles. The van der Waals surface area contributed by atoms with Crippen molar-refractivity contribution >= 4 is 5.91 Å². The van der Waals surface area contributed by atoms with Crippen molar-refractivity contribution in [2.45, 2.75) is 64.2 Å². The van der Waals surface area contributed by atoms with Crippen LogP contribution >= 0.6 is 0 Å². The molecule has 5 heteroatoms. The van der Waals surface area contributed by atoms with Crippen molar-refractivity contribution in [2.24, 2.45) is 23.2 Å². The van der Waals surface area contributed by atoms with Crippen LogP contribution in [0.15, 0.2) is 34.7 Å². The number of aromatic nitrogens is 2. The van der Waals surface area contributed by atoms with Gasteiger partial charge in [-0.2, -0.15) is 0 Å². The summed E-state index contributed by atoms with van der Waals surface area (Å²) in [5.74, 6) is 4.21. The van der Waals surface area contributed by atoms with Gasteiger partial charge in [0.25, 0.3) is 0 Å². The van der Waals surface area contributed by atoms with Crippen molar-refractivity contribution in [3.8, 4) is 0 Å². The molecule has 30 heavy (non-hydrogen) atoms. The summed E-state index contributed by atoms with van der Waals surface area (Å²) in [6, 6.07) is 10.3. The standard InChI is InChI=1S/C25H33N3O2/c1-28(17-25-14-19-11-20(15-25)13-21(12-19)16-25)24(29)10-9-23-27-26-22(30-23)8-7-18-5-3-2-4-6-18/h2-6,19-21H,7-17H2,1H3. The molecule has 4 aliphatic rings. The van der Waals surface area contributed by atoms with Gasteiger partial charge in [-0.1, -0.05) is 30.3 Å². The number of hydrogen-bond acceptors (Lipinski definition) is 4. The third kappa shape index (κ3) is 4.30. The zero-order valence-corrected chi connectivity index (χ0v) is 18.1. The minimum Gasteiger partial charge on any atom is -0.425 e. The van der Waals surface area contributed by atoms with Gasteiger partial charge in [0.2, 0.25) is 17.7 Å². The summed E-state index contributed by atoms with van der Waals surface area (Å²) in [4.78, 5) is 14.8.